The number of amides is 1. The Bertz CT molecular complexity index is 606. The van der Waals surface area contributed by atoms with E-state index in [4.69, 9.17) is 13.9 Å². The Morgan fingerprint density at radius 2 is 2.16 bits per heavy atom. The Labute approximate surface area is 111 Å². The second kappa shape index (κ2) is 5.57. The molecule has 0 radical (unpaired) electrons. The minimum Gasteiger partial charge on any atom is -0.475 e. The highest BCUT2D eigenvalue weighted by Crippen LogP contribution is 2.21. The summed E-state index contributed by atoms with van der Waals surface area (Å²) in [5, 5.41) is 18.6. The Balaban J connectivity index is 1.84. The summed E-state index contributed by atoms with van der Waals surface area (Å²) >= 11 is 1.06. The highest BCUT2D eigenvalue weighted by molar-refractivity contribution is 7.99. The Hall–Kier alpha value is -2.29. The van der Waals surface area contributed by atoms with Crippen molar-refractivity contribution in [3.8, 4) is 0 Å². The lowest BCUT2D eigenvalue weighted by Gasteiger charge is -1.98. The number of aryl methyl sites for hydroxylation is 1. The molecule has 2 aromatic rings. The number of nitrogens with zero attached hydrogens (tertiary/aromatic N) is 2. The van der Waals surface area contributed by atoms with Crippen molar-refractivity contribution in [2.24, 2.45) is 0 Å². The quantitative estimate of drug-likeness (QED) is 0.790. The van der Waals surface area contributed by atoms with Crippen LogP contribution in [0.2, 0.25) is 0 Å². The summed E-state index contributed by atoms with van der Waals surface area (Å²) in [7, 11) is 0. The van der Waals surface area contributed by atoms with Crippen LogP contribution in [0.5, 0.6) is 0 Å². The molecular weight excluding hydrogens is 274 g/mol. The number of furan rings is 1. The first-order valence-electron chi connectivity index (χ1n) is 5.10. The number of hydrogen-bond donors (Lipinski definition) is 2. The second-order valence-corrected chi connectivity index (χ2v) is 4.37. The molecule has 9 heteroatoms. The van der Waals surface area contributed by atoms with E-state index in [2.05, 4.69) is 15.5 Å². The smallest absolute Gasteiger partial charge is 0.371 e. The van der Waals surface area contributed by atoms with Crippen LogP contribution in [0.4, 0.5) is 6.01 Å². The zero-order chi connectivity index (χ0) is 13.8. The number of aromatic carboxylic acids is 1. The topological polar surface area (TPSA) is 118 Å². The molecule has 19 heavy (non-hydrogen) atoms. The first kappa shape index (κ1) is 13.1. The van der Waals surface area contributed by atoms with Crippen LogP contribution >= 0.6 is 11.8 Å². The molecule has 100 valence electrons. The van der Waals surface area contributed by atoms with Gasteiger partial charge in [0, 0.05) is 6.92 Å². The van der Waals surface area contributed by atoms with Gasteiger partial charge in [-0.2, -0.15) is 0 Å². The molecule has 1 amide bonds. The molecule has 0 unspecified atom stereocenters. The van der Waals surface area contributed by atoms with Gasteiger partial charge < -0.3 is 13.9 Å². The molecule has 0 saturated carbocycles. The van der Waals surface area contributed by atoms with Gasteiger partial charge in [0.05, 0.1) is 5.75 Å². The minimum absolute atomic E-state index is 0.0220. The Morgan fingerprint density at radius 1 is 1.37 bits per heavy atom. The number of carboxylic acids is 1. The summed E-state index contributed by atoms with van der Waals surface area (Å²) in [5.41, 5.74) is 0. The summed E-state index contributed by atoms with van der Waals surface area (Å²) in [5.74, 6) is -1.30. The number of thioether (sulfide) groups is 1. The van der Waals surface area contributed by atoms with E-state index in [9.17, 15) is 9.59 Å². The van der Waals surface area contributed by atoms with Crippen molar-refractivity contribution in [1.82, 2.24) is 10.2 Å². The van der Waals surface area contributed by atoms with Crippen LogP contribution in [0.15, 0.2) is 26.1 Å². The number of aromatic nitrogens is 2. The fraction of sp³-hybridized carbons (Fsp3) is 0.200. The minimum atomic E-state index is -1.15. The van der Waals surface area contributed by atoms with E-state index in [1.165, 1.54) is 12.1 Å². The maximum Gasteiger partial charge on any atom is 0.371 e. The summed E-state index contributed by atoms with van der Waals surface area (Å²) in [6.07, 6.45) is 0. The molecule has 0 saturated heterocycles. The molecule has 0 aliphatic carbocycles. The van der Waals surface area contributed by atoms with E-state index in [1.54, 1.807) is 6.92 Å². The third-order valence-electron chi connectivity index (χ3n) is 1.91. The summed E-state index contributed by atoms with van der Waals surface area (Å²) < 4.78 is 9.96. The number of hydrogen-bond acceptors (Lipinski definition) is 7. The molecule has 8 nitrogen and oxygen atoms in total. The van der Waals surface area contributed by atoms with Gasteiger partial charge in [-0.1, -0.05) is 16.9 Å². The molecule has 2 N–H and O–H groups in total. The fourth-order valence-electron chi connectivity index (χ4n) is 1.15. The van der Waals surface area contributed by atoms with E-state index in [0.717, 1.165) is 11.8 Å². The van der Waals surface area contributed by atoms with E-state index < -0.39 is 5.97 Å². The lowest BCUT2D eigenvalue weighted by atomic mass is 10.5. The number of nitrogens with one attached hydrogen (secondary N) is 1. The SMILES string of the molecule is Cc1nnc(NC(=O)CSc2ccc(C(=O)O)o2)o1. The lowest BCUT2D eigenvalue weighted by Crippen LogP contribution is -2.14. The number of carbonyl (C=O) groups excluding carboxylic acids is 1. The first-order chi connectivity index (χ1) is 9.04. The summed E-state index contributed by atoms with van der Waals surface area (Å²) in [6, 6.07) is 2.83. The van der Waals surface area contributed by atoms with Crippen molar-refractivity contribution in [2.75, 3.05) is 11.1 Å². The van der Waals surface area contributed by atoms with Gasteiger partial charge in [0.25, 0.3) is 0 Å². The van der Waals surface area contributed by atoms with E-state index in [1.807, 2.05) is 0 Å². The van der Waals surface area contributed by atoms with Crippen molar-refractivity contribution < 1.29 is 23.5 Å². The highest BCUT2D eigenvalue weighted by atomic mass is 32.2. The van der Waals surface area contributed by atoms with Gasteiger partial charge in [0.2, 0.25) is 17.6 Å². The normalized spacial score (nSPS) is 10.4. The third-order valence-corrected chi connectivity index (χ3v) is 2.82. The largest absolute Gasteiger partial charge is 0.475 e. The van der Waals surface area contributed by atoms with Crippen LogP contribution in [0, 0.1) is 6.92 Å². The molecule has 2 rings (SSSR count). The van der Waals surface area contributed by atoms with Gasteiger partial charge >= 0.3 is 12.0 Å². The Kier molecular flexibility index (Phi) is 3.85. The van der Waals surface area contributed by atoms with Crippen LogP contribution in [-0.4, -0.2) is 32.9 Å². The van der Waals surface area contributed by atoms with Gasteiger partial charge in [-0.05, 0) is 12.1 Å². The van der Waals surface area contributed by atoms with Crippen molar-refractivity contribution in [3.63, 3.8) is 0 Å². The van der Waals surface area contributed by atoms with Gasteiger partial charge in [-0.3, -0.25) is 10.1 Å². The number of rotatable bonds is 5. The zero-order valence-electron chi connectivity index (χ0n) is 9.74. The lowest BCUT2D eigenvalue weighted by molar-refractivity contribution is -0.113. The zero-order valence-corrected chi connectivity index (χ0v) is 10.6. The van der Waals surface area contributed by atoms with E-state index in [-0.39, 0.29) is 23.4 Å². The average molecular weight is 283 g/mol. The van der Waals surface area contributed by atoms with Gasteiger partial charge in [-0.25, -0.2) is 4.79 Å². The third kappa shape index (κ3) is 3.58. The van der Waals surface area contributed by atoms with Crippen molar-refractivity contribution in [2.45, 2.75) is 12.0 Å². The first-order valence-corrected chi connectivity index (χ1v) is 6.09. The van der Waals surface area contributed by atoms with Crippen LogP contribution in [0.1, 0.15) is 16.4 Å². The van der Waals surface area contributed by atoms with E-state index in [0.29, 0.717) is 11.0 Å². The Morgan fingerprint density at radius 3 is 2.74 bits per heavy atom. The molecule has 0 spiro atoms. The predicted octanol–water partition coefficient (Wildman–Crippen LogP) is 1.40. The molecule has 0 aromatic carbocycles. The highest BCUT2D eigenvalue weighted by Gasteiger charge is 2.12. The number of anilines is 1. The molecular formula is C10H9N3O5S. The van der Waals surface area contributed by atoms with Crippen LogP contribution in [-0.2, 0) is 4.79 Å². The van der Waals surface area contributed by atoms with Gasteiger partial charge in [-0.15, -0.1) is 5.10 Å². The molecule has 0 fully saturated rings. The maximum atomic E-state index is 11.5. The standard InChI is InChI=1S/C10H9N3O5S/c1-5-12-13-10(17-5)11-7(14)4-19-8-3-2-6(18-8)9(15)16/h2-3H,4H2,1H3,(H,15,16)(H,11,13,14). The second-order valence-electron chi connectivity index (χ2n) is 3.39. The molecule has 0 aliphatic heterocycles. The average Bonchev–Trinajstić information content (AvgIpc) is 2.96. The summed E-state index contributed by atoms with van der Waals surface area (Å²) in [6.45, 7) is 1.60. The van der Waals surface area contributed by atoms with Gasteiger partial charge in [0.1, 0.15) is 0 Å². The van der Waals surface area contributed by atoms with Crippen molar-refractivity contribution in [3.05, 3.63) is 23.8 Å². The van der Waals surface area contributed by atoms with Crippen LogP contribution in [0.3, 0.4) is 0 Å². The predicted molar refractivity (Wildman–Crippen MR) is 64.1 cm³/mol. The summed E-state index contributed by atoms with van der Waals surface area (Å²) in [4.78, 5) is 22.1. The molecule has 2 heterocycles. The van der Waals surface area contributed by atoms with Crippen LogP contribution in [0.25, 0.3) is 0 Å². The number of carbonyl (C=O) groups is 2. The molecule has 0 bridgehead atoms. The monoisotopic (exact) mass is 283 g/mol. The number of carboxylic acid groups (broad SMARTS) is 1. The van der Waals surface area contributed by atoms with Crippen LogP contribution < -0.4 is 5.32 Å². The van der Waals surface area contributed by atoms with Crippen molar-refractivity contribution in [1.29, 1.82) is 0 Å². The maximum absolute atomic E-state index is 11.5. The molecule has 0 aliphatic rings. The molecule has 0 atom stereocenters. The van der Waals surface area contributed by atoms with Gasteiger partial charge in [0.15, 0.2) is 5.09 Å². The van der Waals surface area contributed by atoms with E-state index >= 15 is 0 Å². The molecule has 2 aromatic heterocycles. The fourth-order valence-corrected chi connectivity index (χ4v) is 1.81. The van der Waals surface area contributed by atoms with Crippen molar-refractivity contribution >= 4 is 29.7 Å².